The molecular formula is C27H23FN4O. The van der Waals surface area contributed by atoms with E-state index in [4.69, 9.17) is 9.84 Å². The van der Waals surface area contributed by atoms with Gasteiger partial charge in [-0.3, -0.25) is 4.90 Å². The minimum atomic E-state index is -0.217. The van der Waals surface area contributed by atoms with Crippen molar-refractivity contribution in [2.24, 2.45) is 0 Å². The lowest BCUT2D eigenvalue weighted by molar-refractivity contribution is -0.0145. The Labute approximate surface area is 192 Å². The van der Waals surface area contributed by atoms with Crippen molar-refractivity contribution in [1.82, 2.24) is 14.7 Å². The number of benzene rings is 3. The van der Waals surface area contributed by atoms with E-state index >= 15 is 0 Å². The lowest BCUT2D eigenvalue weighted by Crippen LogP contribution is -2.39. The van der Waals surface area contributed by atoms with Crippen LogP contribution in [0, 0.1) is 17.1 Å². The van der Waals surface area contributed by atoms with Crippen LogP contribution in [0.1, 0.15) is 22.9 Å². The van der Waals surface area contributed by atoms with E-state index in [2.05, 4.69) is 11.0 Å². The Bertz CT molecular complexity index is 1290. The molecule has 0 radical (unpaired) electrons. The molecule has 5 nitrogen and oxygen atoms in total. The van der Waals surface area contributed by atoms with Gasteiger partial charge in [0.2, 0.25) is 0 Å². The van der Waals surface area contributed by atoms with E-state index < -0.39 is 0 Å². The van der Waals surface area contributed by atoms with Crippen LogP contribution in [0.2, 0.25) is 0 Å². The molecule has 1 aromatic heterocycles. The molecule has 0 spiro atoms. The minimum absolute atomic E-state index is 0.152. The summed E-state index contributed by atoms with van der Waals surface area (Å²) < 4.78 is 21.8. The molecule has 0 aliphatic carbocycles. The minimum Gasteiger partial charge on any atom is -0.378 e. The topological polar surface area (TPSA) is 54.1 Å². The highest BCUT2D eigenvalue weighted by Gasteiger charge is 2.27. The molecule has 1 saturated heterocycles. The van der Waals surface area contributed by atoms with Crippen molar-refractivity contribution in [3.8, 4) is 22.9 Å². The largest absolute Gasteiger partial charge is 0.378 e. The van der Waals surface area contributed by atoms with E-state index in [0.717, 1.165) is 22.5 Å². The summed E-state index contributed by atoms with van der Waals surface area (Å²) in [6, 6.07) is 26.6. The lowest BCUT2D eigenvalue weighted by atomic mass is 10.00. The monoisotopic (exact) mass is 438 g/mol. The Morgan fingerprint density at radius 3 is 2.67 bits per heavy atom. The van der Waals surface area contributed by atoms with Gasteiger partial charge in [-0.2, -0.15) is 10.4 Å². The van der Waals surface area contributed by atoms with Gasteiger partial charge < -0.3 is 4.74 Å². The number of hydrogen-bond acceptors (Lipinski definition) is 4. The molecule has 5 rings (SSSR count). The second-order valence-corrected chi connectivity index (χ2v) is 8.04. The highest BCUT2D eigenvalue weighted by molar-refractivity contribution is 5.72. The Morgan fingerprint density at radius 1 is 1.03 bits per heavy atom. The lowest BCUT2D eigenvalue weighted by Gasteiger charge is -2.35. The molecule has 1 unspecified atom stereocenters. The van der Waals surface area contributed by atoms with Crippen LogP contribution in [0.3, 0.4) is 0 Å². The Kier molecular flexibility index (Phi) is 5.99. The fourth-order valence-corrected chi connectivity index (χ4v) is 4.29. The summed E-state index contributed by atoms with van der Waals surface area (Å²) in [6.07, 6.45) is 1.90. The predicted octanol–water partition coefficient (Wildman–Crippen LogP) is 5.12. The summed E-state index contributed by atoms with van der Waals surface area (Å²) in [5.74, 6) is -0.217. The first-order valence-electron chi connectivity index (χ1n) is 10.9. The van der Waals surface area contributed by atoms with Gasteiger partial charge in [0, 0.05) is 24.8 Å². The standard InChI is InChI=1S/C27H23FN4O/c28-26-9-5-4-8-25(26)27-19-33-15-14-31(27)18-22-12-13-32(30-22)23-10-11-24(21(16-23)17-29)20-6-2-1-3-7-20/h1-13,16,27H,14-15,18-19H2. The summed E-state index contributed by atoms with van der Waals surface area (Å²) in [7, 11) is 0. The van der Waals surface area contributed by atoms with Crippen molar-refractivity contribution in [3.63, 3.8) is 0 Å². The van der Waals surface area contributed by atoms with Gasteiger partial charge in [0.1, 0.15) is 5.82 Å². The van der Waals surface area contributed by atoms with E-state index in [1.807, 2.05) is 72.9 Å². The number of rotatable bonds is 5. The van der Waals surface area contributed by atoms with Crippen molar-refractivity contribution < 1.29 is 9.13 Å². The Balaban J connectivity index is 1.38. The van der Waals surface area contributed by atoms with E-state index in [1.165, 1.54) is 6.07 Å². The first-order chi connectivity index (χ1) is 16.2. The molecule has 0 N–H and O–H groups in total. The molecule has 0 bridgehead atoms. The number of morpholine rings is 1. The van der Waals surface area contributed by atoms with Gasteiger partial charge in [-0.15, -0.1) is 0 Å². The zero-order valence-electron chi connectivity index (χ0n) is 18.1. The van der Waals surface area contributed by atoms with E-state index in [0.29, 0.717) is 37.4 Å². The maximum absolute atomic E-state index is 14.4. The summed E-state index contributed by atoms with van der Waals surface area (Å²) in [6.45, 7) is 2.35. The number of halogens is 1. The molecular weight excluding hydrogens is 415 g/mol. The molecule has 1 fully saturated rings. The van der Waals surface area contributed by atoms with Gasteiger partial charge in [-0.05, 0) is 35.4 Å². The average Bonchev–Trinajstić information content (AvgIpc) is 3.33. The highest BCUT2D eigenvalue weighted by Crippen LogP contribution is 2.28. The van der Waals surface area contributed by atoms with E-state index in [-0.39, 0.29) is 11.9 Å². The smallest absolute Gasteiger partial charge is 0.128 e. The molecule has 1 aliphatic heterocycles. The molecule has 164 valence electrons. The third kappa shape index (κ3) is 4.42. The normalized spacial score (nSPS) is 16.4. The van der Waals surface area contributed by atoms with Crippen LogP contribution in [0.4, 0.5) is 4.39 Å². The van der Waals surface area contributed by atoms with Gasteiger partial charge in [0.05, 0.1) is 42.3 Å². The van der Waals surface area contributed by atoms with Crippen molar-refractivity contribution in [1.29, 1.82) is 5.26 Å². The van der Waals surface area contributed by atoms with Crippen molar-refractivity contribution in [3.05, 3.63) is 108 Å². The summed E-state index contributed by atoms with van der Waals surface area (Å²) in [5.41, 5.74) is 4.85. The summed E-state index contributed by atoms with van der Waals surface area (Å²) >= 11 is 0. The predicted molar refractivity (Wildman–Crippen MR) is 124 cm³/mol. The summed E-state index contributed by atoms with van der Waals surface area (Å²) in [5, 5.41) is 14.4. The van der Waals surface area contributed by atoms with Crippen LogP contribution in [0.25, 0.3) is 16.8 Å². The third-order valence-electron chi connectivity index (χ3n) is 5.99. The van der Waals surface area contributed by atoms with Crippen molar-refractivity contribution >= 4 is 0 Å². The van der Waals surface area contributed by atoms with Crippen LogP contribution in [-0.4, -0.2) is 34.4 Å². The van der Waals surface area contributed by atoms with Crippen LogP contribution in [-0.2, 0) is 11.3 Å². The third-order valence-corrected chi connectivity index (χ3v) is 5.99. The zero-order chi connectivity index (χ0) is 22.6. The maximum atomic E-state index is 14.4. The van der Waals surface area contributed by atoms with Crippen LogP contribution >= 0.6 is 0 Å². The maximum Gasteiger partial charge on any atom is 0.128 e. The molecule has 3 aromatic carbocycles. The second kappa shape index (κ2) is 9.37. The average molecular weight is 439 g/mol. The number of nitriles is 1. The summed E-state index contributed by atoms with van der Waals surface area (Å²) in [4.78, 5) is 2.20. The SMILES string of the molecule is N#Cc1cc(-n2ccc(CN3CCOCC3c3ccccc3F)n2)ccc1-c1ccccc1. The number of ether oxygens (including phenoxy) is 1. The number of aromatic nitrogens is 2. The van der Waals surface area contributed by atoms with Gasteiger partial charge >= 0.3 is 0 Å². The van der Waals surface area contributed by atoms with Gasteiger partial charge in [0.25, 0.3) is 0 Å². The molecule has 0 saturated carbocycles. The highest BCUT2D eigenvalue weighted by atomic mass is 19.1. The molecule has 1 aliphatic rings. The fourth-order valence-electron chi connectivity index (χ4n) is 4.29. The van der Waals surface area contributed by atoms with E-state index in [1.54, 1.807) is 10.7 Å². The van der Waals surface area contributed by atoms with Crippen LogP contribution < -0.4 is 0 Å². The van der Waals surface area contributed by atoms with Crippen molar-refractivity contribution in [2.75, 3.05) is 19.8 Å². The molecule has 6 heteroatoms. The molecule has 4 aromatic rings. The Hall–Kier alpha value is -3.79. The number of nitrogens with zero attached hydrogens (tertiary/aromatic N) is 4. The van der Waals surface area contributed by atoms with Crippen LogP contribution in [0.15, 0.2) is 85.1 Å². The zero-order valence-corrected chi connectivity index (χ0v) is 18.1. The quantitative estimate of drug-likeness (QED) is 0.434. The van der Waals surface area contributed by atoms with Gasteiger partial charge in [-0.25, -0.2) is 9.07 Å². The first-order valence-corrected chi connectivity index (χ1v) is 10.9. The molecule has 1 atom stereocenters. The van der Waals surface area contributed by atoms with Gasteiger partial charge in [0.15, 0.2) is 0 Å². The second-order valence-electron chi connectivity index (χ2n) is 8.04. The Morgan fingerprint density at radius 2 is 1.85 bits per heavy atom. The molecule has 33 heavy (non-hydrogen) atoms. The van der Waals surface area contributed by atoms with Crippen molar-refractivity contribution in [2.45, 2.75) is 12.6 Å². The van der Waals surface area contributed by atoms with Gasteiger partial charge in [-0.1, -0.05) is 54.6 Å². The van der Waals surface area contributed by atoms with Crippen LogP contribution in [0.5, 0.6) is 0 Å². The molecule has 0 amide bonds. The fraction of sp³-hybridized carbons (Fsp3) is 0.185. The van der Waals surface area contributed by atoms with E-state index in [9.17, 15) is 9.65 Å². The number of hydrogen-bond donors (Lipinski definition) is 0. The molecule has 2 heterocycles. The first kappa shape index (κ1) is 21.1.